The minimum absolute atomic E-state index is 0.0435. The maximum Gasteiger partial charge on any atom is 0.325 e. The van der Waals surface area contributed by atoms with Crippen LogP contribution in [-0.2, 0) is 24.0 Å². The van der Waals surface area contributed by atoms with Crippen LogP contribution in [0.25, 0.3) is 0 Å². The van der Waals surface area contributed by atoms with E-state index < -0.39 is 53.8 Å². The first kappa shape index (κ1) is 27.0. The molecule has 0 bridgehead atoms. The summed E-state index contributed by atoms with van der Waals surface area (Å²) in [5, 5.41) is 16.2. The highest BCUT2D eigenvalue weighted by molar-refractivity contribution is 7.98. The summed E-state index contributed by atoms with van der Waals surface area (Å²) in [5.74, 6) is -3.35. The SMILES string of the molecule is CSCCC(NC(=O)C(CCC(N)=O)NC(=O)C(N)CS)C(=O)NC(C)C(=O)O. The Morgan fingerprint density at radius 2 is 1.52 bits per heavy atom. The van der Waals surface area contributed by atoms with Gasteiger partial charge in [-0.05, 0) is 31.8 Å². The molecule has 29 heavy (non-hydrogen) atoms. The van der Waals surface area contributed by atoms with Gasteiger partial charge in [-0.25, -0.2) is 0 Å². The summed E-state index contributed by atoms with van der Waals surface area (Å²) in [7, 11) is 0. The minimum atomic E-state index is -1.22. The van der Waals surface area contributed by atoms with Crippen molar-refractivity contribution < 1.29 is 29.1 Å². The van der Waals surface area contributed by atoms with E-state index in [9.17, 15) is 24.0 Å². The number of thiol groups is 1. The Labute approximate surface area is 178 Å². The smallest absolute Gasteiger partial charge is 0.325 e. The summed E-state index contributed by atoms with van der Waals surface area (Å²) < 4.78 is 0. The summed E-state index contributed by atoms with van der Waals surface area (Å²) in [6.07, 6.45) is 1.78. The summed E-state index contributed by atoms with van der Waals surface area (Å²) in [6, 6.07) is -4.28. The van der Waals surface area contributed by atoms with Gasteiger partial charge in [0.2, 0.25) is 23.6 Å². The molecule has 0 aliphatic carbocycles. The maximum atomic E-state index is 12.7. The fourth-order valence-electron chi connectivity index (χ4n) is 2.07. The van der Waals surface area contributed by atoms with Crippen molar-refractivity contribution in [1.29, 1.82) is 0 Å². The van der Waals surface area contributed by atoms with E-state index in [4.69, 9.17) is 16.6 Å². The summed E-state index contributed by atoms with van der Waals surface area (Å²) in [6.45, 7) is 1.29. The van der Waals surface area contributed by atoms with Crippen LogP contribution in [0.15, 0.2) is 0 Å². The molecule has 0 saturated heterocycles. The molecule has 0 aliphatic heterocycles. The van der Waals surface area contributed by atoms with Gasteiger partial charge in [-0.2, -0.15) is 24.4 Å². The fraction of sp³-hybridized carbons (Fsp3) is 0.688. The topological polar surface area (TPSA) is 194 Å². The van der Waals surface area contributed by atoms with Gasteiger partial charge in [-0.1, -0.05) is 0 Å². The predicted octanol–water partition coefficient (Wildman–Crippen LogP) is -2.18. The summed E-state index contributed by atoms with van der Waals surface area (Å²) in [5.41, 5.74) is 10.7. The number of amides is 4. The molecule has 11 nitrogen and oxygen atoms in total. The zero-order valence-electron chi connectivity index (χ0n) is 16.3. The maximum absolute atomic E-state index is 12.7. The van der Waals surface area contributed by atoms with Gasteiger partial charge >= 0.3 is 5.97 Å². The van der Waals surface area contributed by atoms with Crippen LogP contribution < -0.4 is 27.4 Å². The van der Waals surface area contributed by atoms with Gasteiger partial charge in [0.05, 0.1) is 6.04 Å². The number of nitrogens with one attached hydrogen (secondary N) is 3. The van der Waals surface area contributed by atoms with Crippen LogP contribution in [0.4, 0.5) is 0 Å². The van der Waals surface area contributed by atoms with E-state index in [1.807, 2.05) is 6.26 Å². The molecule has 0 saturated carbocycles. The Morgan fingerprint density at radius 1 is 1.00 bits per heavy atom. The number of hydrogen-bond donors (Lipinski definition) is 7. The predicted molar refractivity (Wildman–Crippen MR) is 112 cm³/mol. The number of hydrogen-bond acceptors (Lipinski definition) is 8. The largest absolute Gasteiger partial charge is 0.480 e. The third kappa shape index (κ3) is 10.9. The third-order valence-electron chi connectivity index (χ3n) is 3.82. The minimum Gasteiger partial charge on any atom is -0.480 e. The van der Waals surface area contributed by atoms with Gasteiger partial charge in [0.1, 0.15) is 18.1 Å². The molecule has 4 unspecified atom stereocenters. The van der Waals surface area contributed by atoms with Gasteiger partial charge < -0.3 is 32.5 Å². The molecule has 0 spiro atoms. The average Bonchev–Trinajstić information content (AvgIpc) is 2.66. The molecule has 0 aromatic heterocycles. The second-order valence-electron chi connectivity index (χ2n) is 6.27. The summed E-state index contributed by atoms with van der Waals surface area (Å²) >= 11 is 5.36. The van der Waals surface area contributed by atoms with E-state index in [-0.39, 0.29) is 25.0 Å². The molecule has 0 aromatic carbocycles. The highest BCUT2D eigenvalue weighted by atomic mass is 32.2. The van der Waals surface area contributed by atoms with E-state index in [2.05, 4.69) is 28.6 Å². The number of nitrogens with two attached hydrogens (primary N) is 2. The van der Waals surface area contributed by atoms with Crippen molar-refractivity contribution in [3.63, 3.8) is 0 Å². The zero-order chi connectivity index (χ0) is 22.6. The number of thioether (sulfide) groups is 1. The number of primary amides is 1. The number of aliphatic carboxylic acids is 1. The van der Waals surface area contributed by atoms with E-state index in [0.29, 0.717) is 5.75 Å². The quantitative estimate of drug-likeness (QED) is 0.145. The van der Waals surface area contributed by atoms with Gasteiger partial charge in [-0.3, -0.25) is 24.0 Å². The molecule has 0 aliphatic rings. The Balaban J connectivity index is 5.29. The van der Waals surface area contributed by atoms with E-state index in [1.165, 1.54) is 18.7 Å². The van der Waals surface area contributed by atoms with E-state index in [1.54, 1.807) is 0 Å². The summed E-state index contributed by atoms with van der Waals surface area (Å²) in [4.78, 5) is 59.1. The molecule has 166 valence electrons. The average molecular weight is 452 g/mol. The Kier molecular flexibility index (Phi) is 13.1. The first-order valence-electron chi connectivity index (χ1n) is 8.81. The molecule has 4 amide bonds. The van der Waals surface area contributed by atoms with Crippen LogP contribution in [0, 0.1) is 0 Å². The van der Waals surface area contributed by atoms with Crippen molar-refractivity contribution in [3.8, 4) is 0 Å². The number of carboxylic acids is 1. The number of carbonyl (C=O) groups excluding carboxylic acids is 4. The standard InChI is InChI=1S/C16H29N5O6S2/c1-8(16(26)27)19-14(24)11(5-6-29-2)21-15(25)10(3-4-12(18)22)20-13(23)9(17)7-28/h8-11,28H,3-7,17H2,1-2H3,(H2,18,22)(H,19,24)(H,20,23)(H,21,25)(H,26,27). The Morgan fingerprint density at radius 3 is 2.00 bits per heavy atom. The van der Waals surface area contributed by atoms with Crippen molar-refractivity contribution in [2.75, 3.05) is 17.8 Å². The van der Waals surface area contributed by atoms with Crippen molar-refractivity contribution in [2.24, 2.45) is 11.5 Å². The fourth-order valence-corrected chi connectivity index (χ4v) is 2.71. The van der Waals surface area contributed by atoms with E-state index in [0.717, 1.165) is 0 Å². The lowest BCUT2D eigenvalue weighted by Crippen LogP contribution is -2.57. The lowest BCUT2D eigenvalue weighted by atomic mass is 10.1. The van der Waals surface area contributed by atoms with Gasteiger partial charge in [0.25, 0.3) is 0 Å². The molecule has 0 radical (unpaired) electrons. The van der Waals surface area contributed by atoms with Crippen LogP contribution in [-0.4, -0.2) is 76.6 Å². The first-order chi connectivity index (χ1) is 13.5. The molecule has 4 atom stereocenters. The lowest BCUT2D eigenvalue weighted by Gasteiger charge is -2.24. The van der Waals surface area contributed by atoms with Crippen LogP contribution in [0.1, 0.15) is 26.2 Å². The van der Waals surface area contributed by atoms with Crippen molar-refractivity contribution in [1.82, 2.24) is 16.0 Å². The van der Waals surface area contributed by atoms with Crippen molar-refractivity contribution >= 4 is 54.0 Å². The van der Waals surface area contributed by atoms with Crippen LogP contribution in [0.2, 0.25) is 0 Å². The number of carbonyl (C=O) groups is 5. The molecule has 13 heteroatoms. The lowest BCUT2D eigenvalue weighted by molar-refractivity contribution is -0.141. The van der Waals surface area contributed by atoms with Gasteiger partial charge in [0, 0.05) is 12.2 Å². The third-order valence-corrected chi connectivity index (χ3v) is 4.86. The molecular formula is C16H29N5O6S2. The zero-order valence-corrected chi connectivity index (χ0v) is 18.1. The monoisotopic (exact) mass is 451 g/mol. The first-order valence-corrected chi connectivity index (χ1v) is 10.8. The Bertz CT molecular complexity index is 606. The normalized spacial score (nSPS) is 14.8. The highest BCUT2D eigenvalue weighted by Gasteiger charge is 2.29. The molecule has 0 fully saturated rings. The van der Waals surface area contributed by atoms with Gasteiger partial charge in [0.15, 0.2) is 0 Å². The second-order valence-corrected chi connectivity index (χ2v) is 7.62. The molecular weight excluding hydrogens is 422 g/mol. The van der Waals surface area contributed by atoms with Gasteiger partial charge in [-0.15, -0.1) is 0 Å². The van der Waals surface area contributed by atoms with Crippen molar-refractivity contribution in [3.05, 3.63) is 0 Å². The number of carboxylic acid groups (broad SMARTS) is 1. The van der Waals surface area contributed by atoms with E-state index >= 15 is 0 Å². The highest BCUT2D eigenvalue weighted by Crippen LogP contribution is 2.05. The molecule has 0 aromatic rings. The van der Waals surface area contributed by atoms with Crippen molar-refractivity contribution in [2.45, 2.75) is 50.4 Å². The van der Waals surface area contributed by atoms with Crippen LogP contribution >= 0.6 is 24.4 Å². The number of rotatable bonds is 14. The van der Waals surface area contributed by atoms with Crippen LogP contribution in [0.5, 0.6) is 0 Å². The molecule has 8 N–H and O–H groups in total. The molecule has 0 rings (SSSR count). The Hall–Kier alpha value is -1.99. The second kappa shape index (κ2) is 14.1. The molecule has 0 heterocycles. The van der Waals surface area contributed by atoms with Crippen LogP contribution in [0.3, 0.4) is 0 Å².